The maximum absolute atomic E-state index is 5.85. The van der Waals surface area contributed by atoms with E-state index in [2.05, 4.69) is 163 Å². The summed E-state index contributed by atoms with van der Waals surface area (Å²) in [5.41, 5.74) is 16.4. The minimum atomic E-state index is -0.219. The van der Waals surface area contributed by atoms with Crippen LogP contribution in [0.25, 0.3) is 28.7 Å². The van der Waals surface area contributed by atoms with Crippen molar-refractivity contribution in [1.82, 2.24) is 0 Å². The van der Waals surface area contributed by atoms with Gasteiger partial charge in [0.25, 0.3) is 0 Å². The second-order valence-electron chi connectivity index (χ2n) is 12.3. The fraction of sp³-hybridized carbons (Fsp3) is 0.179. The van der Waals surface area contributed by atoms with E-state index in [1.807, 2.05) is 18.7 Å². The summed E-state index contributed by atoms with van der Waals surface area (Å²) >= 11 is 1.83. The van der Waals surface area contributed by atoms with Crippen molar-refractivity contribution in [3.63, 3.8) is 0 Å². The quantitative estimate of drug-likeness (QED) is 0.124. The van der Waals surface area contributed by atoms with Gasteiger partial charge in [0.05, 0.1) is 28.5 Å². The average molecular weight is 609 g/mol. The predicted octanol–water partition coefficient (Wildman–Crippen LogP) is 8.30. The number of thioether (sulfide) groups is 1. The summed E-state index contributed by atoms with van der Waals surface area (Å²) in [5.74, 6) is 0.603. The number of anilines is 2. The molecule has 5 aromatic rings. The molecule has 0 radical (unpaired) electrons. The molecule has 0 spiro atoms. The third-order valence-electron chi connectivity index (χ3n) is 8.98. The van der Waals surface area contributed by atoms with Gasteiger partial charge in [0.15, 0.2) is 0 Å². The molecule has 5 nitrogen and oxygen atoms in total. The molecule has 1 aromatic heterocycles. The molecule has 4 aromatic carbocycles. The number of rotatable bonds is 5. The van der Waals surface area contributed by atoms with Crippen LogP contribution in [-0.2, 0) is 12.0 Å². The number of aliphatic imine (C=N–C) groups is 1. The molecule has 0 aliphatic carbocycles. The lowest BCUT2D eigenvalue weighted by Gasteiger charge is -2.24. The molecule has 0 atom stereocenters. The summed E-state index contributed by atoms with van der Waals surface area (Å²) in [6.07, 6.45) is 4.72. The van der Waals surface area contributed by atoms with Gasteiger partial charge in [-0.3, -0.25) is 4.99 Å². The number of fused-ring (bicyclic) bond motifs is 3. The molecule has 2 aliphatic rings. The first kappa shape index (κ1) is 28.9. The number of pyridine rings is 1. The zero-order chi connectivity index (χ0) is 31.3. The van der Waals surface area contributed by atoms with Crippen LogP contribution in [-0.4, -0.2) is 19.9 Å². The van der Waals surface area contributed by atoms with Crippen LogP contribution in [0.15, 0.2) is 124 Å². The van der Waals surface area contributed by atoms with Crippen LogP contribution in [0.2, 0.25) is 0 Å². The maximum Gasteiger partial charge on any atom is 0.219 e. The first-order valence-electron chi connectivity index (χ1n) is 15.3. The number of allylic oxidation sites excluding steroid dienone is 1. The zero-order valence-corrected chi connectivity index (χ0v) is 27.3. The highest BCUT2D eigenvalue weighted by molar-refractivity contribution is 8.03. The molecule has 0 fully saturated rings. The van der Waals surface area contributed by atoms with Gasteiger partial charge in [-0.2, -0.15) is 4.57 Å². The van der Waals surface area contributed by atoms with Gasteiger partial charge in [0.1, 0.15) is 0 Å². The monoisotopic (exact) mass is 608 g/mol. The molecule has 0 saturated carbocycles. The number of hydrogen-bond acceptors (Lipinski definition) is 4. The van der Waals surface area contributed by atoms with Gasteiger partial charge in [-0.25, -0.2) is 0 Å². The average Bonchev–Trinajstić information content (AvgIpc) is 3.45. The molecule has 0 bridgehead atoms. The van der Waals surface area contributed by atoms with E-state index in [-0.39, 0.29) is 5.41 Å². The molecule has 0 saturated heterocycles. The third-order valence-corrected chi connectivity index (χ3v) is 10.1. The number of nitrogens with zero attached hydrogens (tertiary/aromatic N) is 4. The third kappa shape index (κ3) is 5.09. The van der Waals surface area contributed by atoms with Crippen LogP contribution >= 0.6 is 11.8 Å². The van der Waals surface area contributed by atoms with Crippen molar-refractivity contribution < 1.29 is 4.57 Å². The number of nitrogens with two attached hydrogens (primary N) is 1. The van der Waals surface area contributed by atoms with Gasteiger partial charge < -0.3 is 15.5 Å². The Kier molecular flexibility index (Phi) is 7.25. The molecule has 45 heavy (non-hydrogen) atoms. The van der Waals surface area contributed by atoms with Crippen molar-refractivity contribution in [3.05, 3.63) is 136 Å². The second kappa shape index (κ2) is 11.3. The summed E-state index contributed by atoms with van der Waals surface area (Å²) < 4.78 is 2.39. The number of hydrogen-bond donors (Lipinski definition) is 1. The summed E-state index contributed by atoms with van der Waals surface area (Å²) in [6, 6.07) is 37.1. The lowest BCUT2D eigenvalue weighted by molar-refractivity contribution is -0.569. The first-order chi connectivity index (χ1) is 21.7. The highest BCUT2D eigenvalue weighted by atomic mass is 32.2. The van der Waals surface area contributed by atoms with Gasteiger partial charge in [0, 0.05) is 66.1 Å². The standard InChI is InChI=1S/C39H38N5S/c1-26(40)41-25-27-19-20-34-32(21-27)39(2,3)37(42(34)4)24-30-22-28(23-38-43(5)35-17-11-12-18-36(35)45-38)31-15-9-10-16-33(31)44(30)29-13-7-6-8-14-29/h6-24H,25H2,1-5H3,(H2,40,41)/q+1. The molecular weight excluding hydrogens is 571 g/mol. The molecule has 2 N–H and O–H groups in total. The van der Waals surface area contributed by atoms with Gasteiger partial charge in [-0.1, -0.05) is 80.2 Å². The van der Waals surface area contributed by atoms with Crippen LogP contribution in [0.4, 0.5) is 11.4 Å². The summed E-state index contributed by atoms with van der Waals surface area (Å²) in [4.78, 5) is 10.4. The first-order valence-corrected chi connectivity index (χ1v) is 16.2. The molecule has 224 valence electrons. The zero-order valence-electron chi connectivity index (χ0n) is 26.5. The SMILES string of the molecule is CC(N)=NCc1ccc2c(c1)C(C)(C)/C(=C/c1cc(C=C3Sc4ccccc4N3C)c3ccccc3[n+]1-c1ccccc1)N2C. The minimum Gasteiger partial charge on any atom is -0.388 e. The van der Waals surface area contributed by atoms with E-state index in [0.29, 0.717) is 12.4 Å². The van der Waals surface area contributed by atoms with Gasteiger partial charge in [0.2, 0.25) is 16.9 Å². The van der Waals surface area contributed by atoms with Crippen molar-refractivity contribution in [2.24, 2.45) is 10.7 Å². The van der Waals surface area contributed by atoms with Crippen molar-refractivity contribution in [1.29, 1.82) is 0 Å². The highest BCUT2D eigenvalue weighted by Crippen LogP contribution is 2.48. The van der Waals surface area contributed by atoms with Crippen LogP contribution < -0.4 is 20.1 Å². The molecule has 0 unspecified atom stereocenters. The molecule has 0 amide bonds. The van der Waals surface area contributed by atoms with E-state index in [9.17, 15) is 0 Å². The van der Waals surface area contributed by atoms with Gasteiger partial charge in [-0.15, -0.1) is 0 Å². The lowest BCUT2D eigenvalue weighted by atomic mass is 9.82. The molecule has 6 heteroatoms. The van der Waals surface area contributed by atoms with E-state index in [0.717, 1.165) is 11.4 Å². The summed E-state index contributed by atoms with van der Waals surface area (Å²) in [7, 11) is 4.34. The van der Waals surface area contributed by atoms with Crippen molar-refractivity contribution in [2.45, 2.75) is 37.6 Å². The lowest BCUT2D eigenvalue weighted by Crippen LogP contribution is -2.36. The maximum atomic E-state index is 5.85. The summed E-state index contributed by atoms with van der Waals surface area (Å²) in [6.45, 7) is 7.06. The van der Waals surface area contributed by atoms with Crippen LogP contribution in [0.5, 0.6) is 0 Å². The Morgan fingerprint density at radius 2 is 1.58 bits per heavy atom. The van der Waals surface area contributed by atoms with Crippen molar-refractivity contribution in [3.8, 4) is 5.69 Å². The summed E-state index contributed by atoms with van der Waals surface area (Å²) in [5, 5.41) is 2.43. The Morgan fingerprint density at radius 3 is 2.36 bits per heavy atom. The van der Waals surface area contributed by atoms with E-state index in [4.69, 9.17) is 5.73 Å². The Labute approximate surface area is 270 Å². The van der Waals surface area contributed by atoms with Crippen LogP contribution in [0.1, 0.15) is 43.2 Å². The molecule has 7 rings (SSSR count). The van der Waals surface area contributed by atoms with Crippen LogP contribution in [0.3, 0.4) is 0 Å². The minimum absolute atomic E-state index is 0.219. The van der Waals surface area contributed by atoms with Gasteiger partial charge >= 0.3 is 0 Å². The number of aromatic nitrogens is 1. The molecular formula is C39H38N5S+. The topological polar surface area (TPSA) is 48.7 Å². The van der Waals surface area contributed by atoms with E-state index in [1.54, 1.807) is 0 Å². The number of amidine groups is 1. The normalized spacial score (nSPS) is 17.4. The van der Waals surface area contributed by atoms with Crippen LogP contribution in [0, 0.1) is 0 Å². The predicted molar refractivity (Wildman–Crippen MR) is 191 cm³/mol. The fourth-order valence-electron chi connectivity index (χ4n) is 6.62. The molecule has 2 aliphatic heterocycles. The van der Waals surface area contributed by atoms with E-state index in [1.165, 1.54) is 54.6 Å². The van der Waals surface area contributed by atoms with Crippen molar-refractivity contribution >= 4 is 52.0 Å². The Morgan fingerprint density at radius 1 is 0.844 bits per heavy atom. The number of likely N-dealkylation sites (N-methyl/N-ethyl adjacent to an activating group) is 1. The largest absolute Gasteiger partial charge is 0.388 e. The van der Waals surface area contributed by atoms with Gasteiger partial charge in [-0.05, 0) is 54.0 Å². The fourth-order valence-corrected chi connectivity index (χ4v) is 7.72. The number of benzene rings is 4. The Bertz CT molecular complexity index is 2040. The second-order valence-corrected chi connectivity index (χ2v) is 13.4. The van der Waals surface area contributed by atoms with Crippen molar-refractivity contribution in [2.75, 3.05) is 23.9 Å². The number of para-hydroxylation sites is 3. The smallest absolute Gasteiger partial charge is 0.219 e. The Hall–Kier alpha value is -4.81. The Balaban J connectivity index is 1.42. The molecule has 3 heterocycles. The van der Waals surface area contributed by atoms with E-state index >= 15 is 0 Å². The van der Waals surface area contributed by atoms with E-state index < -0.39 is 0 Å². The highest BCUT2D eigenvalue weighted by Gasteiger charge is 2.39.